The average molecular weight is 295 g/mol. The van der Waals surface area contributed by atoms with E-state index in [1.54, 1.807) is 19.1 Å². The number of halogens is 1. The summed E-state index contributed by atoms with van der Waals surface area (Å²) < 4.78 is 42.4. The minimum atomic E-state index is -3.56. The van der Waals surface area contributed by atoms with Crippen LogP contribution in [-0.4, -0.2) is 20.5 Å². The van der Waals surface area contributed by atoms with Gasteiger partial charge in [-0.3, -0.25) is 4.98 Å². The Morgan fingerprint density at radius 1 is 1.20 bits per heavy atom. The van der Waals surface area contributed by atoms with Gasteiger partial charge >= 0.3 is 0 Å². The first kappa shape index (κ1) is 14.5. The van der Waals surface area contributed by atoms with Crippen LogP contribution in [0, 0.1) is 12.7 Å². The van der Waals surface area contributed by atoms with Crippen molar-refractivity contribution in [2.75, 3.05) is 7.11 Å². The first-order valence-electron chi connectivity index (χ1n) is 5.90. The fourth-order valence-electron chi connectivity index (χ4n) is 1.81. The average Bonchev–Trinajstić information content (AvgIpc) is 2.37. The molecule has 0 radical (unpaired) electrons. The van der Waals surface area contributed by atoms with E-state index in [1.807, 2.05) is 0 Å². The number of hydrogen-bond acceptors (Lipinski definition) is 4. The van der Waals surface area contributed by atoms with E-state index in [0.29, 0.717) is 17.1 Å². The van der Waals surface area contributed by atoms with Crippen molar-refractivity contribution in [2.45, 2.75) is 17.6 Å². The summed E-state index contributed by atoms with van der Waals surface area (Å²) in [5.41, 5.74) is 1.07. The van der Waals surface area contributed by atoms with E-state index in [1.165, 1.54) is 19.2 Å². The van der Waals surface area contributed by atoms with Gasteiger partial charge in [0.1, 0.15) is 11.6 Å². The molecule has 0 saturated carbocycles. The zero-order valence-electron chi connectivity index (χ0n) is 11.1. The van der Waals surface area contributed by atoms with Gasteiger partial charge in [0.25, 0.3) is 0 Å². The van der Waals surface area contributed by atoms with Crippen molar-refractivity contribution in [3.05, 3.63) is 53.6 Å². The van der Waals surface area contributed by atoms with Crippen molar-refractivity contribution in [1.82, 2.24) is 4.98 Å². The lowest BCUT2D eigenvalue weighted by Gasteiger charge is -2.07. The monoisotopic (exact) mass is 295 g/mol. The van der Waals surface area contributed by atoms with Crippen molar-refractivity contribution in [3.63, 3.8) is 0 Å². The van der Waals surface area contributed by atoms with Crippen LogP contribution in [-0.2, 0) is 15.6 Å². The maximum atomic E-state index is 12.8. The van der Waals surface area contributed by atoms with Crippen molar-refractivity contribution < 1.29 is 17.5 Å². The van der Waals surface area contributed by atoms with Crippen LogP contribution in [0.25, 0.3) is 0 Å². The molecule has 2 rings (SSSR count). The molecule has 0 N–H and O–H groups in total. The first-order valence-corrected chi connectivity index (χ1v) is 7.56. The molecule has 1 aromatic carbocycles. The van der Waals surface area contributed by atoms with Gasteiger partial charge in [0.05, 0.1) is 23.5 Å². The Labute approximate surface area is 117 Å². The van der Waals surface area contributed by atoms with Gasteiger partial charge in [-0.2, -0.15) is 0 Å². The molecule has 0 aliphatic heterocycles. The van der Waals surface area contributed by atoms with E-state index in [4.69, 9.17) is 4.74 Å². The van der Waals surface area contributed by atoms with Crippen molar-refractivity contribution in [3.8, 4) is 5.75 Å². The number of benzene rings is 1. The molecule has 106 valence electrons. The molecule has 4 nitrogen and oxygen atoms in total. The quantitative estimate of drug-likeness (QED) is 0.813. The van der Waals surface area contributed by atoms with Gasteiger partial charge in [0, 0.05) is 17.8 Å². The molecule has 1 heterocycles. The molecule has 0 unspecified atom stereocenters. The summed E-state index contributed by atoms with van der Waals surface area (Å²) in [6, 6.07) is 8.03. The van der Waals surface area contributed by atoms with Gasteiger partial charge in [-0.15, -0.1) is 0 Å². The molecule has 6 heteroatoms. The Morgan fingerprint density at radius 3 is 2.45 bits per heavy atom. The number of aryl methyl sites for hydroxylation is 1. The standard InChI is InChI=1S/C14H14FNO3S/c1-10-7-13(19-2)8-12(16-10)9-20(17,18)14-5-3-11(15)4-6-14/h3-8H,9H2,1-2H3. The van der Waals surface area contributed by atoms with Crippen molar-refractivity contribution >= 4 is 9.84 Å². The predicted molar refractivity (Wildman–Crippen MR) is 72.8 cm³/mol. The van der Waals surface area contributed by atoms with E-state index in [-0.39, 0.29) is 10.6 Å². The Morgan fingerprint density at radius 2 is 1.85 bits per heavy atom. The fraction of sp³-hybridized carbons (Fsp3) is 0.214. The fourth-order valence-corrected chi connectivity index (χ4v) is 3.07. The predicted octanol–water partition coefficient (Wildman–Crippen LogP) is 2.51. The lowest BCUT2D eigenvalue weighted by molar-refractivity contribution is 0.413. The van der Waals surface area contributed by atoms with Gasteiger partial charge in [0.2, 0.25) is 0 Å². The minimum absolute atomic E-state index is 0.0705. The number of pyridine rings is 1. The minimum Gasteiger partial charge on any atom is -0.497 e. The Hall–Kier alpha value is -1.95. The summed E-state index contributed by atoms with van der Waals surface area (Å²) in [6.07, 6.45) is 0. The summed E-state index contributed by atoms with van der Waals surface area (Å²) >= 11 is 0. The zero-order valence-corrected chi connectivity index (χ0v) is 11.9. The number of methoxy groups -OCH3 is 1. The number of rotatable bonds is 4. The highest BCUT2D eigenvalue weighted by Gasteiger charge is 2.17. The van der Waals surface area contributed by atoms with Crippen LogP contribution in [0.2, 0.25) is 0 Å². The number of aromatic nitrogens is 1. The second-order valence-electron chi connectivity index (χ2n) is 4.35. The molecule has 0 fully saturated rings. The van der Waals surface area contributed by atoms with Crippen LogP contribution >= 0.6 is 0 Å². The molecule has 2 aromatic rings. The van der Waals surface area contributed by atoms with Crippen LogP contribution in [0.3, 0.4) is 0 Å². The lowest BCUT2D eigenvalue weighted by atomic mass is 10.3. The summed E-state index contributed by atoms with van der Waals surface area (Å²) in [5.74, 6) is -0.169. The third-order valence-electron chi connectivity index (χ3n) is 2.73. The summed E-state index contributed by atoms with van der Waals surface area (Å²) in [6.45, 7) is 1.76. The smallest absolute Gasteiger partial charge is 0.184 e. The molecule has 0 aliphatic carbocycles. The summed E-state index contributed by atoms with van der Waals surface area (Å²) in [4.78, 5) is 4.25. The molecular formula is C14H14FNO3S. The van der Waals surface area contributed by atoms with Gasteiger partial charge in [-0.25, -0.2) is 12.8 Å². The molecule has 0 saturated heterocycles. The van der Waals surface area contributed by atoms with E-state index < -0.39 is 15.7 Å². The highest BCUT2D eigenvalue weighted by Crippen LogP contribution is 2.19. The Bertz CT molecular complexity index is 712. The van der Waals surface area contributed by atoms with Gasteiger partial charge in [-0.1, -0.05) is 0 Å². The molecule has 1 aromatic heterocycles. The first-order chi connectivity index (χ1) is 9.40. The Balaban J connectivity index is 2.33. The zero-order chi connectivity index (χ0) is 14.8. The third kappa shape index (κ3) is 3.33. The van der Waals surface area contributed by atoms with Crippen LogP contribution in [0.4, 0.5) is 4.39 Å². The van der Waals surface area contributed by atoms with Crippen molar-refractivity contribution in [1.29, 1.82) is 0 Å². The van der Waals surface area contributed by atoms with E-state index in [2.05, 4.69) is 4.98 Å². The second kappa shape index (κ2) is 5.58. The maximum absolute atomic E-state index is 12.8. The molecule has 0 bridgehead atoms. The van der Waals surface area contributed by atoms with Crippen LogP contribution in [0.15, 0.2) is 41.3 Å². The number of nitrogens with zero attached hydrogens (tertiary/aromatic N) is 1. The highest BCUT2D eigenvalue weighted by molar-refractivity contribution is 7.90. The van der Waals surface area contributed by atoms with Crippen molar-refractivity contribution in [2.24, 2.45) is 0 Å². The van der Waals surface area contributed by atoms with E-state index >= 15 is 0 Å². The summed E-state index contributed by atoms with van der Waals surface area (Å²) in [5, 5.41) is 0. The summed E-state index contributed by atoms with van der Waals surface area (Å²) in [7, 11) is -2.05. The van der Waals surface area contributed by atoms with Gasteiger partial charge in [-0.05, 0) is 31.2 Å². The van der Waals surface area contributed by atoms with Gasteiger partial charge in [0.15, 0.2) is 9.84 Å². The maximum Gasteiger partial charge on any atom is 0.184 e. The topological polar surface area (TPSA) is 56.3 Å². The highest BCUT2D eigenvalue weighted by atomic mass is 32.2. The molecule has 0 amide bonds. The van der Waals surface area contributed by atoms with Gasteiger partial charge < -0.3 is 4.74 Å². The molecule has 20 heavy (non-hydrogen) atoms. The third-order valence-corrected chi connectivity index (χ3v) is 4.39. The van der Waals surface area contributed by atoms with E-state index in [0.717, 1.165) is 12.1 Å². The molecule has 0 atom stereocenters. The number of sulfone groups is 1. The molecular weight excluding hydrogens is 281 g/mol. The lowest BCUT2D eigenvalue weighted by Crippen LogP contribution is -2.07. The second-order valence-corrected chi connectivity index (χ2v) is 6.34. The van der Waals surface area contributed by atoms with Crippen LogP contribution < -0.4 is 4.74 Å². The van der Waals surface area contributed by atoms with E-state index in [9.17, 15) is 12.8 Å². The largest absolute Gasteiger partial charge is 0.497 e. The van der Waals surface area contributed by atoms with Crippen LogP contribution in [0.5, 0.6) is 5.75 Å². The SMILES string of the molecule is COc1cc(C)nc(CS(=O)(=O)c2ccc(F)cc2)c1. The Kier molecular flexibility index (Phi) is 4.04. The normalized spacial score (nSPS) is 11.3. The number of hydrogen-bond donors (Lipinski definition) is 0. The van der Waals surface area contributed by atoms with Crippen LogP contribution in [0.1, 0.15) is 11.4 Å². The molecule has 0 spiro atoms. The molecule has 0 aliphatic rings. The number of ether oxygens (including phenoxy) is 1.